The molecule has 0 atom stereocenters. The number of aromatic amines is 2. The van der Waals surface area contributed by atoms with Gasteiger partial charge < -0.3 is 9.97 Å². The van der Waals surface area contributed by atoms with E-state index in [9.17, 15) is 10.0 Å². The second kappa shape index (κ2) is 4.32. The highest BCUT2D eigenvalue weighted by molar-refractivity contribution is 6.22. The van der Waals surface area contributed by atoms with Crippen molar-refractivity contribution in [3.8, 4) is 0 Å². The number of nitrogens with zero attached hydrogens (tertiary/aromatic N) is 2. The first kappa shape index (κ1) is 13.8. The molecule has 23 heavy (non-hydrogen) atoms. The molecule has 0 amide bonds. The monoisotopic (exact) mass is 309 g/mol. The highest BCUT2D eigenvalue weighted by Gasteiger charge is 2.22. The van der Waals surface area contributed by atoms with Crippen molar-refractivity contribution in [2.45, 2.75) is 26.2 Å². The lowest BCUT2D eigenvalue weighted by molar-refractivity contribution is -0.903. The molecule has 3 aromatic heterocycles. The Hall–Kier alpha value is -2.89. The van der Waals surface area contributed by atoms with Crippen molar-refractivity contribution < 1.29 is 9.94 Å². The molecule has 0 radical (unpaired) electrons. The number of hydrogen-bond acceptors (Lipinski definition) is 3. The first-order valence-electron chi connectivity index (χ1n) is 7.44. The van der Waals surface area contributed by atoms with E-state index in [1.807, 2.05) is 6.07 Å². The van der Waals surface area contributed by atoms with Gasteiger partial charge in [-0.05, 0) is 6.07 Å². The molecular formula is C17H17N4O2+. The van der Waals surface area contributed by atoms with Crippen LogP contribution in [-0.2, 0) is 5.41 Å². The second-order valence-electron chi connectivity index (χ2n) is 6.81. The predicted molar refractivity (Wildman–Crippen MR) is 87.8 cm³/mol. The summed E-state index contributed by atoms with van der Waals surface area (Å²) < 4.78 is 0.982. The van der Waals surface area contributed by atoms with E-state index in [-0.39, 0.29) is 11.0 Å². The molecule has 0 aliphatic heterocycles. The van der Waals surface area contributed by atoms with E-state index in [1.165, 1.54) is 6.20 Å². The van der Waals surface area contributed by atoms with Crippen LogP contribution < -0.4 is 10.3 Å². The molecule has 3 N–H and O–H groups in total. The third-order valence-corrected chi connectivity index (χ3v) is 4.11. The molecule has 0 saturated carbocycles. The normalized spacial score (nSPS) is 12.5. The smallest absolute Gasteiger partial charge is 0.256 e. The van der Waals surface area contributed by atoms with Gasteiger partial charge in [-0.2, -0.15) is 0 Å². The van der Waals surface area contributed by atoms with Crippen LogP contribution in [0.2, 0.25) is 0 Å². The quantitative estimate of drug-likeness (QED) is 0.265. The largest absolute Gasteiger partial charge is 0.341 e. The molecule has 6 heteroatoms. The minimum Gasteiger partial charge on any atom is -0.341 e. The van der Waals surface area contributed by atoms with E-state index >= 15 is 0 Å². The van der Waals surface area contributed by atoms with Crippen molar-refractivity contribution in [3.63, 3.8) is 0 Å². The maximum atomic E-state index is 12.4. The zero-order chi connectivity index (χ0) is 16.4. The molecule has 3 heterocycles. The van der Waals surface area contributed by atoms with Crippen molar-refractivity contribution in [2.75, 3.05) is 0 Å². The molecule has 4 aromatic rings. The number of aromatic nitrogens is 4. The van der Waals surface area contributed by atoms with E-state index in [0.717, 1.165) is 37.7 Å². The van der Waals surface area contributed by atoms with Crippen LogP contribution in [0.4, 0.5) is 0 Å². The minimum absolute atomic E-state index is 0.150. The molecule has 0 bridgehead atoms. The van der Waals surface area contributed by atoms with Gasteiger partial charge in [0.25, 0.3) is 5.56 Å². The number of nitrogens with one attached hydrogen (secondary N) is 2. The molecule has 1 aromatic carbocycles. The van der Waals surface area contributed by atoms with Crippen LogP contribution in [-0.4, -0.2) is 20.2 Å². The lowest BCUT2D eigenvalue weighted by atomic mass is 9.96. The second-order valence-corrected chi connectivity index (χ2v) is 6.81. The predicted octanol–water partition coefficient (Wildman–Crippen LogP) is 2.38. The summed E-state index contributed by atoms with van der Waals surface area (Å²) in [7, 11) is 0. The SMILES string of the molecule is CC(C)(C)c1nc2c3c[n+](O)ccc3c3c(=O)[nH]ccc3c2[nH]1. The highest BCUT2D eigenvalue weighted by atomic mass is 16.5. The van der Waals surface area contributed by atoms with Crippen LogP contribution in [0, 0.1) is 0 Å². The van der Waals surface area contributed by atoms with Crippen molar-refractivity contribution in [3.05, 3.63) is 46.9 Å². The van der Waals surface area contributed by atoms with Crippen LogP contribution in [0.3, 0.4) is 0 Å². The molecule has 4 rings (SSSR count). The summed E-state index contributed by atoms with van der Waals surface area (Å²) >= 11 is 0. The van der Waals surface area contributed by atoms with Gasteiger partial charge in [0.1, 0.15) is 11.3 Å². The number of fused-ring (bicyclic) bond motifs is 6. The van der Waals surface area contributed by atoms with Gasteiger partial charge >= 0.3 is 0 Å². The molecule has 0 fully saturated rings. The van der Waals surface area contributed by atoms with E-state index in [4.69, 9.17) is 4.98 Å². The van der Waals surface area contributed by atoms with Crippen molar-refractivity contribution in [1.82, 2.24) is 15.0 Å². The third kappa shape index (κ3) is 1.91. The van der Waals surface area contributed by atoms with Gasteiger partial charge in [-0.15, -0.1) is 0 Å². The molecule has 0 aliphatic rings. The maximum Gasteiger partial charge on any atom is 0.256 e. The highest BCUT2D eigenvalue weighted by Crippen LogP contribution is 2.33. The Morgan fingerprint density at radius 1 is 1.17 bits per heavy atom. The lowest BCUT2D eigenvalue weighted by Gasteiger charge is -2.13. The van der Waals surface area contributed by atoms with Gasteiger partial charge in [-0.25, -0.2) is 4.98 Å². The number of pyridine rings is 2. The standard InChI is InChI=1S/C17H16N4O2/c1-17(2,3)16-19-13-10-4-6-18-15(22)12(10)9-5-7-21(23)8-11(9)14(13)20-16/h4-8,23H,1-3H3,(H,18,19,20,22)/p+1. The summed E-state index contributed by atoms with van der Waals surface area (Å²) in [4.78, 5) is 23.2. The van der Waals surface area contributed by atoms with Crippen molar-refractivity contribution in [1.29, 1.82) is 0 Å². The first-order valence-corrected chi connectivity index (χ1v) is 7.44. The molecule has 0 unspecified atom stereocenters. The van der Waals surface area contributed by atoms with E-state index in [1.54, 1.807) is 18.5 Å². The van der Waals surface area contributed by atoms with Crippen molar-refractivity contribution >= 4 is 32.6 Å². The fourth-order valence-corrected chi connectivity index (χ4v) is 2.96. The van der Waals surface area contributed by atoms with Gasteiger partial charge in [0.2, 0.25) is 12.4 Å². The third-order valence-electron chi connectivity index (χ3n) is 4.11. The Kier molecular flexibility index (Phi) is 2.58. The van der Waals surface area contributed by atoms with Gasteiger partial charge in [0.15, 0.2) is 0 Å². The fraction of sp³-hybridized carbons (Fsp3) is 0.235. The summed E-state index contributed by atoms with van der Waals surface area (Å²) in [5.41, 5.74) is 1.26. The van der Waals surface area contributed by atoms with Gasteiger partial charge in [-0.1, -0.05) is 20.8 Å². The number of H-pyrrole nitrogens is 2. The Balaban J connectivity index is 2.35. The van der Waals surface area contributed by atoms with Crippen LogP contribution in [0.1, 0.15) is 26.6 Å². The van der Waals surface area contributed by atoms with E-state index in [2.05, 4.69) is 30.7 Å². The number of benzene rings is 1. The van der Waals surface area contributed by atoms with Gasteiger partial charge in [0.05, 0.1) is 16.3 Å². The van der Waals surface area contributed by atoms with Gasteiger partial charge in [0, 0.05) is 33.2 Å². The summed E-state index contributed by atoms with van der Waals surface area (Å²) in [6.45, 7) is 6.23. The Bertz CT molecular complexity index is 1130. The Labute approximate surface area is 131 Å². The Morgan fingerprint density at radius 2 is 1.96 bits per heavy atom. The summed E-state index contributed by atoms with van der Waals surface area (Å²) in [5.74, 6) is 0.843. The summed E-state index contributed by atoms with van der Waals surface area (Å²) in [6, 6.07) is 3.61. The minimum atomic E-state index is -0.156. The van der Waals surface area contributed by atoms with Crippen molar-refractivity contribution in [2.24, 2.45) is 0 Å². The van der Waals surface area contributed by atoms with Crippen LogP contribution >= 0.6 is 0 Å². The van der Waals surface area contributed by atoms with Crippen LogP contribution in [0.5, 0.6) is 0 Å². The topological polar surface area (TPSA) is 85.7 Å². The molecule has 6 nitrogen and oxygen atoms in total. The molecule has 0 saturated heterocycles. The van der Waals surface area contributed by atoms with E-state index in [0.29, 0.717) is 5.39 Å². The van der Waals surface area contributed by atoms with E-state index < -0.39 is 0 Å². The van der Waals surface area contributed by atoms with Gasteiger partial charge in [-0.3, -0.25) is 10.0 Å². The average molecular weight is 309 g/mol. The van der Waals surface area contributed by atoms with Crippen LogP contribution in [0.25, 0.3) is 32.6 Å². The zero-order valence-electron chi connectivity index (χ0n) is 13.1. The number of rotatable bonds is 0. The first-order chi connectivity index (χ1) is 10.9. The Morgan fingerprint density at radius 3 is 2.70 bits per heavy atom. The lowest BCUT2D eigenvalue weighted by Crippen LogP contribution is -2.28. The summed E-state index contributed by atoms with van der Waals surface area (Å²) in [6.07, 6.45) is 4.73. The fourth-order valence-electron chi connectivity index (χ4n) is 2.96. The molecule has 0 aliphatic carbocycles. The number of imidazole rings is 1. The zero-order valence-corrected chi connectivity index (χ0v) is 13.1. The number of hydrogen-bond donors (Lipinski definition) is 3. The summed E-state index contributed by atoms with van der Waals surface area (Å²) in [5, 5.41) is 12.7. The van der Waals surface area contributed by atoms with Crippen LogP contribution in [0.15, 0.2) is 35.5 Å². The molecule has 116 valence electrons. The maximum absolute atomic E-state index is 12.4. The molecular weight excluding hydrogens is 292 g/mol. The average Bonchev–Trinajstić information content (AvgIpc) is 2.93. The molecule has 0 spiro atoms.